The molecule has 78 valence electrons. The van der Waals surface area contributed by atoms with Gasteiger partial charge in [0.1, 0.15) is 5.82 Å². The lowest BCUT2D eigenvalue weighted by molar-refractivity contribution is 0.936. The van der Waals surface area contributed by atoms with E-state index in [1.807, 2.05) is 30.3 Å². The van der Waals surface area contributed by atoms with Gasteiger partial charge in [0.25, 0.3) is 0 Å². The van der Waals surface area contributed by atoms with Crippen LogP contribution < -0.4 is 5.73 Å². The minimum Gasteiger partial charge on any atom is -0.341 e. The van der Waals surface area contributed by atoms with Crippen LogP contribution in [0.4, 0.5) is 0 Å². The third-order valence-corrected chi connectivity index (χ3v) is 2.48. The Morgan fingerprint density at radius 3 is 2.67 bits per heavy atom. The van der Waals surface area contributed by atoms with E-state index in [1.165, 1.54) is 0 Å². The summed E-state index contributed by atoms with van der Waals surface area (Å²) in [5.74, 6) is 0.795. The molecule has 0 atom stereocenters. The fourth-order valence-corrected chi connectivity index (χ4v) is 1.66. The summed E-state index contributed by atoms with van der Waals surface area (Å²) in [4.78, 5) is 7.43. The topological polar surface area (TPSA) is 54.7 Å². The van der Waals surface area contributed by atoms with Crippen molar-refractivity contribution in [1.29, 1.82) is 0 Å². The summed E-state index contributed by atoms with van der Waals surface area (Å²) < 4.78 is 0. The molecule has 3 nitrogen and oxygen atoms in total. The van der Waals surface area contributed by atoms with Crippen molar-refractivity contribution in [2.75, 3.05) is 6.54 Å². The van der Waals surface area contributed by atoms with Crippen molar-refractivity contribution in [3.63, 3.8) is 0 Å². The lowest BCUT2D eigenvalue weighted by Crippen LogP contribution is -2.03. The Hall–Kier alpha value is -1.32. The third kappa shape index (κ3) is 2.19. The summed E-state index contributed by atoms with van der Waals surface area (Å²) in [6.45, 7) is 0.566. The minimum absolute atomic E-state index is 0.513. The highest BCUT2D eigenvalue weighted by molar-refractivity contribution is 6.30. The molecule has 1 heterocycles. The molecule has 0 spiro atoms. The number of aromatic amines is 1. The van der Waals surface area contributed by atoms with Crippen LogP contribution >= 0.6 is 11.6 Å². The molecule has 0 fully saturated rings. The van der Waals surface area contributed by atoms with Gasteiger partial charge in [0, 0.05) is 12.0 Å². The van der Waals surface area contributed by atoms with E-state index < -0.39 is 0 Å². The summed E-state index contributed by atoms with van der Waals surface area (Å²) in [5, 5.41) is 0.513. The van der Waals surface area contributed by atoms with Crippen LogP contribution in [0.1, 0.15) is 5.69 Å². The van der Waals surface area contributed by atoms with Crippen molar-refractivity contribution in [3.8, 4) is 11.4 Å². The van der Waals surface area contributed by atoms with Crippen LogP contribution in [0.15, 0.2) is 30.3 Å². The maximum atomic E-state index is 5.98. The molecule has 0 saturated heterocycles. The second kappa shape index (κ2) is 4.47. The number of halogens is 1. The fraction of sp³-hybridized carbons (Fsp3) is 0.182. The number of imidazole rings is 1. The molecule has 0 radical (unpaired) electrons. The van der Waals surface area contributed by atoms with Gasteiger partial charge in [-0.25, -0.2) is 4.98 Å². The molecular weight excluding hydrogens is 210 g/mol. The number of nitrogens with two attached hydrogens (primary N) is 1. The highest BCUT2D eigenvalue weighted by Gasteiger charge is 2.08. The Morgan fingerprint density at radius 1 is 1.27 bits per heavy atom. The van der Waals surface area contributed by atoms with E-state index in [9.17, 15) is 0 Å². The van der Waals surface area contributed by atoms with Gasteiger partial charge in [-0.05, 0) is 6.54 Å². The van der Waals surface area contributed by atoms with Gasteiger partial charge in [0.2, 0.25) is 0 Å². The number of rotatable bonds is 3. The molecule has 0 aliphatic carbocycles. The van der Waals surface area contributed by atoms with Crippen LogP contribution in [0.3, 0.4) is 0 Å². The third-order valence-electron chi connectivity index (χ3n) is 2.17. The van der Waals surface area contributed by atoms with Crippen LogP contribution in [-0.2, 0) is 6.42 Å². The first-order valence-electron chi connectivity index (χ1n) is 4.81. The van der Waals surface area contributed by atoms with E-state index in [1.54, 1.807) is 0 Å². The molecule has 15 heavy (non-hydrogen) atoms. The molecule has 0 unspecified atom stereocenters. The lowest BCUT2D eigenvalue weighted by Gasteiger charge is -1.95. The number of H-pyrrole nitrogens is 1. The van der Waals surface area contributed by atoms with E-state index in [4.69, 9.17) is 17.3 Å². The van der Waals surface area contributed by atoms with Crippen molar-refractivity contribution in [2.24, 2.45) is 5.73 Å². The molecular formula is C11H12ClN3. The van der Waals surface area contributed by atoms with E-state index >= 15 is 0 Å². The number of nitrogens with zero attached hydrogens (tertiary/aromatic N) is 1. The zero-order valence-corrected chi connectivity index (χ0v) is 8.96. The summed E-state index contributed by atoms with van der Waals surface area (Å²) in [7, 11) is 0. The standard InChI is InChI=1S/C11H12ClN3/c12-10-9(6-7-13)14-11(15-10)8-4-2-1-3-5-8/h1-5H,6-7,13H2,(H,14,15). The summed E-state index contributed by atoms with van der Waals surface area (Å²) in [6.07, 6.45) is 0.721. The Kier molecular flexibility index (Phi) is 3.04. The second-order valence-electron chi connectivity index (χ2n) is 3.26. The minimum atomic E-state index is 0.513. The van der Waals surface area contributed by atoms with E-state index in [2.05, 4.69) is 9.97 Å². The summed E-state index contributed by atoms with van der Waals surface area (Å²) in [6, 6.07) is 9.88. The van der Waals surface area contributed by atoms with Crippen LogP contribution in [-0.4, -0.2) is 16.5 Å². The first-order chi connectivity index (χ1) is 7.31. The van der Waals surface area contributed by atoms with Gasteiger partial charge >= 0.3 is 0 Å². The predicted octanol–water partition coefficient (Wildman–Crippen LogP) is 2.23. The normalized spacial score (nSPS) is 10.5. The molecule has 0 aliphatic rings. The lowest BCUT2D eigenvalue weighted by atomic mass is 10.2. The average molecular weight is 222 g/mol. The number of benzene rings is 1. The van der Waals surface area contributed by atoms with Crippen molar-refractivity contribution < 1.29 is 0 Å². The first kappa shape index (κ1) is 10.2. The number of nitrogens with one attached hydrogen (secondary N) is 1. The summed E-state index contributed by atoms with van der Waals surface area (Å²) in [5.41, 5.74) is 7.40. The predicted molar refractivity (Wildman–Crippen MR) is 61.8 cm³/mol. The zero-order chi connectivity index (χ0) is 10.7. The molecule has 0 amide bonds. The van der Waals surface area contributed by atoms with E-state index in [0.717, 1.165) is 23.5 Å². The van der Waals surface area contributed by atoms with Gasteiger partial charge in [0.05, 0.1) is 5.69 Å². The zero-order valence-electron chi connectivity index (χ0n) is 8.20. The van der Waals surface area contributed by atoms with Gasteiger partial charge in [0.15, 0.2) is 5.15 Å². The number of hydrogen-bond acceptors (Lipinski definition) is 2. The Balaban J connectivity index is 2.34. The number of aromatic nitrogens is 2. The fourth-order valence-electron chi connectivity index (χ4n) is 1.43. The van der Waals surface area contributed by atoms with Gasteiger partial charge in [-0.2, -0.15) is 0 Å². The first-order valence-corrected chi connectivity index (χ1v) is 5.19. The Morgan fingerprint density at radius 2 is 2.00 bits per heavy atom. The largest absolute Gasteiger partial charge is 0.341 e. The molecule has 2 rings (SSSR count). The van der Waals surface area contributed by atoms with Crippen LogP contribution in [0.25, 0.3) is 11.4 Å². The van der Waals surface area contributed by atoms with Crippen molar-refractivity contribution >= 4 is 11.6 Å². The monoisotopic (exact) mass is 221 g/mol. The van der Waals surface area contributed by atoms with E-state index in [0.29, 0.717) is 11.7 Å². The average Bonchev–Trinajstić information content (AvgIpc) is 2.63. The Bertz CT molecular complexity index is 436. The summed E-state index contributed by atoms with van der Waals surface area (Å²) >= 11 is 5.98. The molecule has 0 aliphatic heterocycles. The van der Waals surface area contributed by atoms with Crippen molar-refractivity contribution in [2.45, 2.75) is 6.42 Å². The van der Waals surface area contributed by atoms with Crippen molar-refractivity contribution in [3.05, 3.63) is 41.2 Å². The number of hydrogen-bond donors (Lipinski definition) is 2. The highest BCUT2D eigenvalue weighted by Crippen LogP contribution is 2.20. The smallest absolute Gasteiger partial charge is 0.150 e. The van der Waals surface area contributed by atoms with Crippen LogP contribution in [0.2, 0.25) is 5.15 Å². The molecule has 2 aromatic rings. The molecule has 0 saturated carbocycles. The maximum absolute atomic E-state index is 5.98. The Labute approximate surface area is 93.3 Å². The quantitative estimate of drug-likeness (QED) is 0.835. The van der Waals surface area contributed by atoms with E-state index in [-0.39, 0.29) is 0 Å². The second-order valence-corrected chi connectivity index (χ2v) is 3.62. The van der Waals surface area contributed by atoms with Gasteiger partial charge in [-0.1, -0.05) is 41.9 Å². The molecule has 3 N–H and O–H groups in total. The van der Waals surface area contributed by atoms with Gasteiger partial charge in [-0.3, -0.25) is 0 Å². The van der Waals surface area contributed by atoms with Crippen LogP contribution in [0.5, 0.6) is 0 Å². The highest BCUT2D eigenvalue weighted by atomic mass is 35.5. The van der Waals surface area contributed by atoms with Gasteiger partial charge < -0.3 is 10.7 Å². The molecule has 1 aromatic carbocycles. The SMILES string of the molecule is NCCc1[nH]c(-c2ccccc2)nc1Cl. The maximum Gasteiger partial charge on any atom is 0.150 e. The van der Waals surface area contributed by atoms with Crippen LogP contribution in [0, 0.1) is 0 Å². The molecule has 0 bridgehead atoms. The van der Waals surface area contributed by atoms with Gasteiger partial charge in [-0.15, -0.1) is 0 Å². The van der Waals surface area contributed by atoms with Crippen molar-refractivity contribution in [1.82, 2.24) is 9.97 Å². The molecule has 1 aromatic heterocycles. The molecule has 4 heteroatoms.